The van der Waals surface area contributed by atoms with Crippen molar-refractivity contribution in [1.82, 2.24) is 14.4 Å². The van der Waals surface area contributed by atoms with Crippen molar-refractivity contribution < 1.29 is 0 Å². The van der Waals surface area contributed by atoms with E-state index in [4.69, 9.17) is 5.73 Å². The minimum Gasteiger partial charge on any atom is -0.382 e. The monoisotopic (exact) mass is 277 g/mol. The molecule has 0 unspecified atom stereocenters. The molecule has 2 aromatic rings. The number of anilines is 2. The molecule has 0 radical (unpaired) electrons. The first kappa shape index (κ1) is 12.6. The van der Waals surface area contributed by atoms with Crippen molar-refractivity contribution in [3.8, 4) is 0 Å². The van der Waals surface area contributed by atoms with Crippen LogP contribution in [0, 0.1) is 0 Å². The van der Waals surface area contributed by atoms with Gasteiger partial charge in [-0.15, -0.1) is 0 Å². The molecule has 0 aromatic carbocycles. The second kappa shape index (κ2) is 5.28. The third kappa shape index (κ3) is 2.63. The lowest BCUT2D eigenvalue weighted by Crippen LogP contribution is -2.27. The largest absolute Gasteiger partial charge is 0.382 e. The fraction of sp³-hybridized carbons (Fsp3) is 0.538. The maximum absolute atomic E-state index is 5.83. The summed E-state index contributed by atoms with van der Waals surface area (Å²) in [5.41, 5.74) is 6.68. The molecule has 0 amide bonds. The first-order valence-corrected chi connectivity index (χ1v) is 7.93. The van der Waals surface area contributed by atoms with Crippen LogP contribution in [0.25, 0.3) is 5.65 Å². The van der Waals surface area contributed by atoms with Gasteiger partial charge in [0.25, 0.3) is 0 Å². The zero-order valence-corrected chi connectivity index (χ0v) is 11.9. The summed E-state index contributed by atoms with van der Waals surface area (Å²) in [5.74, 6) is 1.32. The van der Waals surface area contributed by atoms with E-state index in [1.54, 1.807) is 12.4 Å². The third-order valence-electron chi connectivity index (χ3n) is 3.74. The number of nitrogens with one attached hydrogen (secondary N) is 1. The van der Waals surface area contributed by atoms with Gasteiger partial charge in [0.05, 0.1) is 6.20 Å². The number of nitrogen functional groups attached to an aromatic ring is 1. The highest BCUT2D eigenvalue weighted by molar-refractivity contribution is 7.99. The van der Waals surface area contributed by atoms with E-state index in [1.807, 2.05) is 22.4 Å². The molecule has 0 aliphatic heterocycles. The number of nitrogens with two attached hydrogens (primary N) is 1. The average molecular weight is 277 g/mol. The summed E-state index contributed by atoms with van der Waals surface area (Å²) in [6.45, 7) is 0. The van der Waals surface area contributed by atoms with Gasteiger partial charge in [-0.25, -0.2) is 9.97 Å². The quantitative estimate of drug-likeness (QED) is 0.901. The van der Waals surface area contributed by atoms with E-state index < -0.39 is 0 Å². The summed E-state index contributed by atoms with van der Waals surface area (Å²) < 4.78 is 1.91. The highest BCUT2D eigenvalue weighted by Crippen LogP contribution is 2.29. The first-order chi connectivity index (χ1) is 9.26. The van der Waals surface area contributed by atoms with E-state index in [-0.39, 0.29) is 0 Å². The lowest BCUT2D eigenvalue weighted by molar-refractivity contribution is 0.472. The fourth-order valence-electron chi connectivity index (χ4n) is 2.68. The first-order valence-electron chi connectivity index (χ1n) is 6.65. The molecule has 2 heterocycles. The Labute approximate surface area is 117 Å². The van der Waals surface area contributed by atoms with Gasteiger partial charge in [-0.3, -0.25) is 0 Å². The van der Waals surface area contributed by atoms with E-state index in [9.17, 15) is 0 Å². The minimum absolute atomic E-state index is 0.484. The summed E-state index contributed by atoms with van der Waals surface area (Å²) in [4.78, 5) is 8.72. The Hall–Kier alpha value is -1.43. The predicted octanol–water partition coefficient (Wildman–Crippen LogP) is 2.40. The van der Waals surface area contributed by atoms with Crippen molar-refractivity contribution in [1.29, 1.82) is 0 Å². The SMILES string of the molecule is CSC1CCC(Nc2nc(N)cn3ccnc23)CC1. The average Bonchev–Trinajstić information content (AvgIpc) is 2.88. The van der Waals surface area contributed by atoms with Gasteiger partial charge >= 0.3 is 0 Å². The lowest BCUT2D eigenvalue weighted by Gasteiger charge is -2.28. The minimum atomic E-state index is 0.484. The molecule has 0 saturated heterocycles. The number of nitrogens with zero attached hydrogens (tertiary/aromatic N) is 3. The summed E-state index contributed by atoms with van der Waals surface area (Å²) >= 11 is 1.98. The summed E-state index contributed by atoms with van der Waals surface area (Å²) in [6.07, 6.45) is 12.6. The normalized spacial score (nSPS) is 23.6. The third-order valence-corrected chi connectivity index (χ3v) is 4.88. The van der Waals surface area contributed by atoms with Crippen molar-refractivity contribution in [3.05, 3.63) is 18.6 Å². The molecule has 1 aliphatic rings. The van der Waals surface area contributed by atoms with Gasteiger partial charge in [0.2, 0.25) is 0 Å². The van der Waals surface area contributed by atoms with Crippen molar-refractivity contribution >= 4 is 29.0 Å². The summed E-state index contributed by atoms with van der Waals surface area (Å²) in [6, 6.07) is 0.484. The second-order valence-electron chi connectivity index (χ2n) is 5.03. The molecule has 1 fully saturated rings. The lowest BCUT2D eigenvalue weighted by atomic mass is 9.95. The molecule has 0 atom stereocenters. The van der Waals surface area contributed by atoms with Crippen molar-refractivity contribution in [3.63, 3.8) is 0 Å². The molecule has 0 spiro atoms. The Kier molecular flexibility index (Phi) is 3.50. The Balaban J connectivity index is 1.76. The Morgan fingerprint density at radius 3 is 2.89 bits per heavy atom. The van der Waals surface area contributed by atoms with Gasteiger partial charge in [-0.2, -0.15) is 11.8 Å². The molecule has 1 aliphatic carbocycles. The molecule has 3 N–H and O–H groups in total. The molecule has 102 valence electrons. The number of hydrogen-bond acceptors (Lipinski definition) is 5. The van der Waals surface area contributed by atoms with Crippen LogP contribution in [-0.2, 0) is 0 Å². The van der Waals surface area contributed by atoms with Crippen LogP contribution in [0.1, 0.15) is 25.7 Å². The smallest absolute Gasteiger partial charge is 0.180 e. The molecule has 1 saturated carbocycles. The van der Waals surface area contributed by atoms with Crippen molar-refractivity contribution in [2.24, 2.45) is 0 Å². The highest BCUT2D eigenvalue weighted by atomic mass is 32.2. The van der Waals surface area contributed by atoms with Crippen LogP contribution in [0.5, 0.6) is 0 Å². The van der Waals surface area contributed by atoms with E-state index in [1.165, 1.54) is 25.7 Å². The fourth-order valence-corrected chi connectivity index (χ4v) is 3.43. The molecule has 0 bridgehead atoms. The molecular weight excluding hydrogens is 258 g/mol. The van der Waals surface area contributed by atoms with Gasteiger partial charge in [0, 0.05) is 23.7 Å². The number of imidazole rings is 1. The van der Waals surface area contributed by atoms with Crippen LogP contribution in [0.4, 0.5) is 11.6 Å². The Morgan fingerprint density at radius 1 is 1.37 bits per heavy atom. The number of aromatic nitrogens is 3. The zero-order chi connectivity index (χ0) is 13.2. The molecular formula is C13H19N5S. The van der Waals surface area contributed by atoms with E-state index in [2.05, 4.69) is 21.5 Å². The molecule has 5 nitrogen and oxygen atoms in total. The maximum Gasteiger partial charge on any atom is 0.180 e. The van der Waals surface area contributed by atoms with Gasteiger partial charge < -0.3 is 15.5 Å². The molecule has 2 aromatic heterocycles. The number of hydrogen-bond donors (Lipinski definition) is 2. The predicted molar refractivity (Wildman–Crippen MR) is 80.6 cm³/mol. The van der Waals surface area contributed by atoms with Gasteiger partial charge in [-0.1, -0.05) is 0 Å². The second-order valence-corrected chi connectivity index (χ2v) is 6.16. The van der Waals surface area contributed by atoms with Crippen molar-refractivity contribution in [2.45, 2.75) is 37.0 Å². The van der Waals surface area contributed by atoms with E-state index in [0.29, 0.717) is 11.9 Å². The van der Waals surface area contributed by atoms with Gasteiger partial charge in [0.1, 0.15) is 5.82 Å². The number of thioether (sulfide) groups is 1. The van der Waals surface area contributed by atoms with Crippen LogP contribution in [-0.4, -0.2) is 31.9 Å². The Morgan fingerprint density at radius 2 is 2.16 bits per heavy atom. The molecule has 19 heavy (non-hydrogen) atoms. The maximum atomic E-state index is 5.83. The Bertz CT molecular complexity index is 559. The molecule has 3 rings (SSSR count). The van der Waals surface area contributed by atoms with Crippen LogP contribution in [0.2, 0.25) is 0 Å². The van der Waals surface area contributed by atoms with E-state index in [0.717, 1.165) is 16.7 Å². The zero-order valence-electron chi connectivity index (χ0n) is 11.0. The van der Waals surface area contributed by atoms with Crippen LogP contribution in [0.15, 0.2) is 18.6 Å². The highest BCUT2D eigenvalue weighted by Gasteiger charge is 2.21. The molecule has 6 heteroatoms. The van der Waals surface area contributed by atoms with Crippen molar-refractivity contribution in [2.75, 3.05) is 17.3 Å². The van der Waals surface area contributed by atoms with Crippen LogP contribution in [0.3, 0.4) is 0 Å². The number of rotatable bonds is 3. The summed E-state index contributed by atoms with van der Waals surface area (Å²) in [5, 5.41) is 4.33. The van der Waals surface area contributed by atoms with Gasteiger partial charge in [-0.05, 0) is 31.9 Å². The van der Waals surface area contributed by atoms with Crippen LogP contribution >= 0.6 is 11.8 Å². The number of fused-ring (bicyclic) bond motifs is 1. The summed E-state index contributed by atoms with van der Waals surface area (Å²) in [7, 11) is 0. The van der Waals surface area contributed by atoms with E-state index >= 15 is 0 Å². The standard InChI is InChI=1S/C13H19N5S/c1-19-10-4-2-9(3-5-10)16-12-13-15-6-7-18(13)8-11(14)17-12/h6-10H,2-5,14H2,1H3,(H,16,17). The van der Waals surface area contributed by atoms with Gasteiger partial charge in [0.15, 0.2) is 11.5 Å². The van der Waals surface area contributed by atoms with Crippen LogP contribution < -0.4 is 11.1 Å². The topological polar surface area (TPSA) is 68.2 Å².